The van der Waals surface area contributed by atoms with Crippen molar-refractivity contribution in [1.29, 1.82) is 0 Å². The number of piperazine rings is 1. The van der Waals surface area contributed by atoms with Crippen LogP contribution in [-0.4, -0.2) is 43.7 Å². The molecule has 120 valence electrons. The lowest BCUT2D eigenvalue weighted by Gasteiger charge is -2.29. The molecule has 0 saturated carbocycles. The number of benzene rings is 2. The minimum Gasteiger partial charge on any atom is -0.488 e. The van der Waals surface area contributed by atoms with Gasteiger partial charge in [0.25, 0.3) is 0 Å². The molecule has 0 amide bonds. The molecule has 3 nitrogen and oxygen atoms in total. The lowest BCUT2D eigenvalue weighted by Crippen LogP contribution is -2.47. The smallest absolute Gasteiger partial charge is 0.131 e. The van der Waals surface area contributed by atoms with Gasteiger partial charge in [0.05, 0.1) is 0 Å². The van der Waals surface area contributed by atoms with Gasteiger partial charge in [-0.2, -0.15) is 0 Å². The van der Waals surface area contributed by atoms with Gasteiger partial charge in [0.1, 0.15) is 11.9 Å². The summed E-state index contributed by atoms with van der Waals surface area (Å²) in [4.78, 5) is 2.49. The highest BCUT2D eigenvalue weighted by molar-refractivity contribution is 6.33. The Morgan fingerprint density at radius 3 is 2.65 bits per heavy atom. The first-order valence-corrected chi connectivity index (χ1v) is 8.65. The molecule has 2 aliphatic rings. The molecule has 23 heavy (non-hydrogen) atoms. The van der Waals surface area contributed by atoms with E-state index in [2.05, 4.69) is 34.5 Å². The molecule has 0 unspecified atom stereocenters. The quantitative estimate of drug-likeness (QED) is 0.936. The summed E-state index contributed by atoms with van der Waals surface area (Å²) in [6.45, 7) is 5.36. The van der Waals surface area contributed by atoms with Crippen LogP contribution in [-0.2, 0) is 6.42 Å². The van der Waals surface area contributed by atoms with Gasteiger partial charge in [-0.1, -0.05) is 48.0 Å². The van der Waals surface area contributed by atoms with E-state index in [1.54, 1.807) is 0 Å². The topological polar surface area (TPSA) is 24.5 Å². The Morgan fingerprint density at radius 2 is 1.83 bits per heavy atom. The van der Waals surface area contributed by atoms with E-state index in [0.717, 1.165) is 61.0 Å². The SMILES string of the molecule is Clc1ccccc1-c1cccc2c1O[C@H](CN1CCNCC1)C2. The molecule has 0 aliphatic carbocycles. The van der Waals surface area contributed by atoms with Crippen LogP contribution < -0.4 is 10.1 Å². The summed E-state index contributed by atoms with van der Waals surface area (Å²) in [5, 5.41) is 4.17. The zero-order chi connectivity index (χ0) is 15.6. The summed E-state index contributed by atoms with van der Waals surface area (Å²) in [5.74, 6) is 1.01. The maximum Gasteiger partial charge on any atom is 0.131 e. The molecule has 0 radical (unpaired) electrons. The number of fused-ring (bicyclic) bond motifs is 1. The summed E-state index contributed by atoms with van der Waals surface area (Å²) in [5.41, 5.74) is 3.45. The van der Waals surface area contributed by atoms with E-state index in [1.807, 2.05) is 18.2 Å². The molecule has 2 heterocycles. The Kier molecular flexibility index (Phi) is 4.25. The molecule has 2 aromatic rings. The first-order valence-electron chi connectivity index (χ1n) is 8.28. The van der Waals surface area contributed by atoms with Crippen molar-refractivity contribution in [3.05, 3.63) is 53.1 Å². The summed E-state index contributed by atoms with van der Waals surface area (Å²) >= 11 is 6.38. The van der Waals surface area contributed by atoms with E-state index < -0.39 is 0 Å². The molecule has 4 rings (SSSR count). The maximum atomic E-state index is 6.38. The highest BCUT2D eigenvalue weighted by atomic mass is 35.5. The van der Waals surface area contributed by atoms with Gasteiger partial charge >= 0.3 is 0 Å². The average Bonchev–Trinajstić information content (AvgIpc) is 2.99. The highest BCUT2D eigenvalue weighted by Crippen LogP contribution is 2.41. The van der Waals surface area contributed by atoms with Crippen LogP contribution in [0.5, 0.6) is 5.75 Å². The largest absolute Gasteiger partial charge is 0.488 e. The molecule has 1 N–H and O–H groups in total. The number of hydrogen-bond donors (Lipinski definition) is 1. The van der Waals surface area contributed by atoms with Crippen LogP contribution in [0.15, 0.2) is 42.5 Å². The van der Waals surface area contributed by atoms with Crippen LogP contribution in [0.1, 0.15) is 5.56 Å². The van der Waals surface area contributed by atoms with E-state index in [4.69, 9.17) is 16.3 Å². The highest BCUT2D eigenvalue weighted by Gasteiger charge is 2.28. The molecule has 1 atom stereocenters. The molecule has 0 aromatic heterocycles. The molecule has 4 heteroatoms. The molecular formula is C19H21ClN2O. The van der Waals surface area contributed by atoms with E-state index in [0.29, 0.717) is 0 Å². The second kappa shape index (κ2) is 6.52. The zero-order valence-corrected chi connectivity index (χ0v) is 13.9. The number of hydrogen-bond acceptors (Lipinski definition) is 3. The number of nitrogens with one attached hydrogen (secondary N) is 1. The van der Waals surface area contributed by atoms with Gasteiger partial charge in [0.2, 0.25) is 0 Å². The van der Waals surface area contributed by atoms with Crippen LogP contribution in [0.4, 0.5) is 0 Å². The third kappa shape index (κ3) is 3.09. The number of ether oxygens (including phenoxy) is 1. The zero-order valence-electron chi connectivity index (χ0n) is 13.1. The van der Waals surface area contributed by atoms with Gasteiger partial charge in [0.15, 0.2) is 0 Å². The minimum atomic E-state index is 0.242. The van der Waals surface area contributed by atoms with Crippen molar-refractivity contribution in [3.63, 3.8) is 0 Å². The van der Waals surface area contributed by atoms with Crippen LogP contribution in [0, 0.1) is 0 Å². The predicted molar refractivity (Wildman–Crippen MR) is 94.3 cm³/mol. The number of rotatable bonds is 3. The summed E-state index contributed by atoms with van der Waals surface area (Å²) in [6, 6.07) is 14.4. The Hall–Kier alpha value is -1.55. The molecule has 0 bridgehead atoms. The third-order valence-electron chi connectivity index (χ3n) is 4.66. The van der Waals surface area contributed by atoms with Crippen LogP contribution in [0.2, 0.25) is 5.02 Å². The van der Waals surface area contributed by atoms with E-state index in [1.165, 1.54) is 5.56 Å². The van der Waals surface area contributed by atoms with Crippen LogP contribution in [0.25, 0.3) is 11.1 Å². The molecule has 1 fully saturated rings. The van der Waals surface area contributed by atoms with Gasteiger partial charge in [-0.25, -0.2) is 0 Å². The first-order chi connectivity index (χ1) is 11.3. The molecule has 2 aliphatic heterocycles. The van der Waals surface area contributed by atoms with Crippen molar-refractivity contribution < 1.29 is 4.74 Å². The average molecular weight is 329 g/mol. The van der Waals surface area contributed by atoms with E-state index in [9.17, 15) is 0 Å². The first kappa shape index (κ1) is 15.0. The Balaban J connectivity index is 1.57. The summed E-state index contributed by atoms with van der Waals surface area (Å²) in [7, 11) is 0. The second-order valence-electron chi connectivity index (χ2n) is 6.27. The fraction of sp³-hybridized carbons (Fsp3) is 0.368. The normalized spacial score (nSPS) is 21.0. The second-order valence-corrected chi connectivity index (χ2v) is 6.68. The van der Waals surface area contributed by atoms with Crippen molar-refractivity contribution in [1.82, 2.24) is 10.2 Å². The van der Waals surface area contributed by atoms with Crippen LogP contribution >= 0.6 is 11.6 Å². The van der Waals surface area contributed by atoms with Crippen LogP contribution in [0.3, 0.4) is 0 Å². The Morgan fingerprint density at radius 1 is 1.04 bits per heavy atom. The summed E-state index contributed by atoms with van der Waals surface area (Å²) in [6.07, 6.45) is 1.23. The minimum absolute atomic E-state index is 0.242. The lowest BCUT2D eigenvalue weighted by molar-refractivity contribution is 0.140. The van der Waals surface area contributed by atoms with E-state index >= 15 is 0 Å². The standard InChI is InChI=1S/C19H21ClN2O/c20-18-7-2-1-5-16(18)17-6-3-4-14-12-15(23-19(14)17)13-22-10-8-21-9-11-22/h1-7,15,21H,8-13H2/t15-/m0/s1. The molecule has 0 spiro atoms. The van der Waals surface area contributed by atoms with Gasteiger partial charge in [-0.05, 0) is 11.6 Å². The van der Waals surface area contributed by atoms with Gasteiger partial charge in [0, 0.05) is 55.3 Å². The van der Waals surface area contributed by atoms with Gasteiger partial charge < -0.3 is 10.1 Å². The van der Waals surface area contributed by atoms with Gasteiger partial charge in [-0.3, -0.25) is 4.90 Å². The monoisotopic (exact) mass is 328 g/mol. The van der Waals surface area contributed by atoms with E-state index in [-0.39, 0.29) is 6.10 Å². The third-order valence-corrected chi connectivity index (χ3v) is 4.99. The Bertz CT molecular complexity index is 698. The van der Waals surface area contributed by atoms with Crippen molar-refractivity contribution in [2.75, 3.05) is 32.7 Å². The predicted octanol–water partition coefficient (Wildman–Crippen LogP) is 3.22. The number of para-hydroxylation sites is 1. The van der Waals surface area contributed by atoms with Crippen molar-refractivity contribution >= 4 is 11.6 Å². The fourth-order valence-corrected chi connectivity index (χ4v) is 3.75. The number of halogens is 1. The Labute approximate surface area is 142 Å². The van der Waals surface area contributed by atoms with Crippen molar-refractivity contribution in [2.45, 2.75) is 12.5 Å². The maximum absolute atomic E-state index is 6.38. The fourth-order valence-electron chi connectivity index (χ4n) is 3.51. The number of nitrogens with zero attached hydrogens (tertiary/aromatic N) is 1. The molecular weight excluding hydrogens is 308 g/mol. The lowest BCUT2D eigenvalue weighted by atomic mass is 10.0. The van der Waals surface area contributed by atoms with Gasteiger partial charge in [-0.15, -0.1) is 0 Å². The molecule has 1 saturated heterocycles. The van der Waals surface area contributed by atoms with Crippen molar-refractivity contribution in [2.24, 2.45) is 0 Å². The molecule has 2 aromatic carbocycles. The van der Waals surface area contributed by atoms with Crippen molar-refractivity contribution in [3.8, 4) is 16.9 Å². The summed E-state index contributed by atoms with van der Waals surface area (Å²) < 4.78 is 6.33.